The van der Waals surface area contributed by atoms with Crippen molar-refractivity contribution in [2.75, 3.05) is 11.9 Å². The molecule has 5 heteroatoms. The summed E-state index contributed by atoms with van der Waals surface area (Å²) in [5.74, 6) is -0.231. The summed E-state index contributed by atoms with van der Waals surface area (Å²) in [4.78, 5) is 27.7. The van der Waals surface area contributed by atoms with Gasteiger partial charge < -0.3 is 10.6 Å². The second-order valence-corrected chi connectivity index (χ2v) is 4.85. The van der Waals surface area contributed by atoms with Crippen LogP contribution in [0.25, 0.3) is 0 Å². The highest BCUT2D eigenvalue weighted by molar-refractivity contribution is 5.97. The van der Waals surface area contributed by atoms with E-state index in [0.29, 0.717) is 30.6 Å². The van der Waals surface area contributed by atoms with Gasteiger partial charge in [-0.2, -0.15) is 0 Å². The van der Waals surface area contributed by atoms with Crippen LogP contribution in [0.1, 0.15) is 29.3 Å². The van der Waals surface area contributed by atoms with E-state index in [1.165, 1.54) is 0 Å². The molecule has 0 bridgehead atoms. The van der Waals surface area contributed by atoms with Gasteiger partial charge in [0.2, 0.25) is 5.91 Å². The summed E-state index contributed by atoms with van der Waals surface area (Å²) >= 11 is 0. The fourth-order valence-corrected chi connectivity index (χ4v) is 2.03. The van der Waals surface area contributed by atoms with Crippen LogP contribution in [-0.4, -0.2) is 23.3 Å². The molecule has 0 saturated heterocycles. The molecule has 0 atom stereocenters. The van der Waals surface area contributed by atoms with Crippen molar-refractivity contribution in [1.29, 1.82) is 0 Å². The van der Waals surface area contributed by atoms with Gasteiger partial charge in [-0.1, -0.05) is 12.1 Å². The summed E-state index contributed by atoms with van der Waals surface area (Å²) in [6.45, 7) is 2.43. The number of pyridine rings is 1. The van der Waals surface area contributed by atoms with E-state index in [4.69, 9.17) is 0 Å². The molecule has 0 radical (unpaired) electrons. The van der Waals surface area contributed by atoms with Gasteiger partial charge in [0.1, 0.15) is 0 Å². The van der Waals surface area contributed by atoms with Crippen molar-refractivity contribution < 1.29 is 9.59 Å². The van der Waals surface area contributed by atoms with E-state index in [9.17, 15) is 9.59 Å². The van der Waals surface area contributed by atoms with Crippen molar-refractivity contribution in [3.8, 4) is 0 Å². The van der Waals surface area contributed by atoms with Crippen LogP contribution in [0.15, 0.2) is 48.8 Å². The standard InChI is InChI=1S/C17H19N3O2/c1-2-19-17(22)14-6-3-7-15(11-14)20-16(21)9-8-13-5-4-10-18-12-13/h3-7,10-12H,2,8-9H2,1H3,(H,19,22)(H,20,21). The lowest BCUT2D eigenvalue weighted by Gasteiger charge is -2.07. The largest absolute Gasteiger partial charge is 0.352 e. The molecule has 2 aromatic rings. The van der Waals surface area contributed by atoms with Crippen molar-refractivity contribution in [2.45, 2.75) is 19.8 Å². The number of hydrogen-bond donors (Lipinski definition) is 2. The van der Waals surface area contributed by atoms with Gasteiger partial charge in [0, 0.05) is 36.6 Å². The highest BCUT2D eigenvalue weighted by Gasteiger charge is 2.07. The quantitative estimate of drug-likeness (QED) is 0.860. The Morgan fingerprint density at radius 2 is 2.05 bits per heavy atom. The van der Waals surface area contributed by atoms with E-state index in [0.717, 1.165) is 5.56 Å². The molecule has 22 heavy (non-hydrogen) atoms. The molecule has 2 rings (SSSR count). The Morgan fingerprint density at radius 1 is 1.18 bits per heavy atom. The number of nitrogens with one attached hydrogen (secondary N) is 2. The smallest absolute Gasteiger partial charge is 0.251 e. The molecule has 5 nitrogen and oxygen atoms in total. The van der Waals surface area contributed by atoms with Crippen LogP contribution >= 0.6 is 0 Å². The molecule has 0 fully saturated rings. The van der Waals surface area contributed by atoms with Gasteiger partial charge in [-0.3, -0.25) is 14.6 Å². The lowest BCUT2D eigenvalue weighted by atomic mass is 10.1. The first-order valence-electron chi connectivity index (χ1n) is 7.26. The van der Waals surface area contributed by atoms with Crippen molar-refractivity contribution in [1.82, 2.24) is 10.3 Å². The van der Waals surface area contributed by atoms with Crippen LogP contribution < -0.4 is 10.6 Å². The fourth-order valence-electron chi connectivity index (χ4n) is 2.03. The SMILES string of the molecule is CCNC(=O)c1cccc(NC(=O)CCc2cccnc2)c1. The minimum absolute atomic E-state index is 0.0862. The first-order valence-corrected chi connectivity index (χ1v) is 7.26. The van der Waals surface area contributed by atoms with Gasteiger partial charge in [-0.15, -0.1) is 0 Å². The highest BCUT2D eigenvalue weighted by atomic mass is 16.2. The Bertz CT molecular complexity index is 641. The maximum Gasteiger partial charge on any atom is 0.251 e. The molecular formula is C17H19N3O2. The number of carbonyl (C=O) groups is 2. The number of nitrogens with zero attached hydrogens (tertiary/aromatic N) is 1. The molecule has 0 spiro atoms. The van der Waals surface area contributed by atoms with E-state index in [2.05, 4.69) is 15.6 Å². The number of aromatic nitrogens is 1. The van der Waals surface area contributed by atoms with E-state index in [1.54, 1.807) is 36.7 Å². The number of carbonyl (C=O) groups excluding carboxylic acids is 2. The van der Waals surface area contributed by atoms with Crippen LogP contribution in [-0.2, 0) is 11.2 Å². The van der Waals surface area contributed by atoms with Crippen LogP contribution in [0.4, 0.5) is 5.69 Å². The number of rotatable bonds is 6. The molecule has 2 N–H and O–H groups in total. The molecule has 0 saturated carbocycles. The second-order valence-electron chi connectivity index (χ2n) is 4.85. The van der Waals surface area contributed by atoms with E-state index in [1.807, 2.05) is 19.1 Å². The number of hydrogen-bond acceptors (Lipinski definition) is 3. The van der Waals surface area contributed by atoms with Crippen LogP contribution in [0.2, 0.25) is 0 Å². The number of benzene rings is 1. The van der Waals surface area contributed by atoms with Crippen molar-refractivity contribution in [2.24, 2.45) is 0 Å². The van der Waals surface area contributed by atoms with Gasteiger partial charge in [0.05, 0.1) is 0 Å². The summed E-state index contributed by atoms with van der Waals surface area (Å²) in [5, 5.41) is 5.54. The van der Waals surface area contributed by atoms with Gasteiger partial charge >= 0.3 is 0 Å². The van der Waals surface area contributed by atoms with Crippen LogP contribution in [0, 0.1) is 0 Å². The minimum atomic E-state index is -0.144. The highest BCUT2D eigenvalue weighted by Crippen LogP contribution is 2.11. The zero-order chi connectivity index (χ0) is 15.8. The molecule has 2 amide bonds. The van der Waals surface area contributed by atoms with Crippen molar-refractivity contribution >= 4 is 17.5 Å². The molecule has 1 aromatic carbocycles. The van der Waals surface area contributed by atoms with Gasteiger partial charge in [0.25, 0.3) is 5.91 Å². The van der Waals surface area contributed by atoms with Gasteiger partial charge in [-0.25, -0.2) is 0 Å². The van der Waals surface area contributed by atoms with Crippen molar-refractivity contribution in [3.63, 3.8) is 0 Å². The summed E-state index contributed by atoms with van der Waals surface area (Å²) < 4.78 is 0. The molecule has 1 heterocycles. The first kappa shape index (κ1) is 15.7. The van der Waals surface area contributed by atoms with Crippen LogP contribution in [0.5, 0.6) is 0 Å². The zero-order valence-corrected chi connectivity index (χ0v) is 12.5. The summed E-state index contributed by atoms with van der Waals surface area (Å²) in [6.07, 6.45) is 4.46. The Kier molecular flexibility index (Phi) is 5.65. The average molecular weight is 297 g/mol. The lowest BCUT2D eigenvalue weighted by molar-refractivity contribution is -0.116. The Morgan fingerprint density at radius 3 is 2.77 bits per heavy atom. The molecule has 114 valence electrons. The predicted octanol–water partition coefficient (Wildman–Crippen LogP) is 2.40. The topological polar surface area (TPSA) is 71.1 Å². The van der Waals surface area contributed by atoms with Crippen molar-refractivity contribution in [3.05, 3.63) is 59.9 Å². The normalized spacial score (nSPS) is 10.0. The maximum atomic E-state index is 12.0. The van der Waals surface area contributed by atoms with E-state index < -0.39 is 0 Å². The Labute approximate surface area is 129 Å². The van der Waals surface area contributed by atoms with E-state index in [-0.39, 0.29) is 11.8 Å². The summed E-state index contributed by atoms with van der Waals surface area (Å²) in [7, 11) is 0. The minimum Gasteiger partial charge on any atom is -0.352 e. The first-order chi connectivity index (χ1) is 10.7. The monoisotopic (exact) mass is 297 g/mol. The molecule has 0 aliphatic carbocycles. The van der Waals surface area contributed by atoms with Crippen LogP contribution in [0.3, 0.4) is 0 Å². The third-order valence-electron chi connectivity index (χ3n) is 3.11. The number of anilines is 1. The van der Waals surface area contributed by atoms with E-state index >= 15 is 0 Å². The molecule has 1 aromatic heterocycles. The third-order valence-corrected chi connectivity index (χ3v) is 3.11. The molecule has 0 aliphatic heterocycles. The maximum absolute atomic E-state index is 12.0. The Hall–Kier alpha value is -2.69. The molecule has 0 unspecified atom stereocenters. The molecular weight excluding hydrogens is 278 g/mol. The lowest BCUT2D eigenvalue weighted by Crippen LogP contribution is -2.22. The third kappa shape index (κ3) is 4.70. The predicted molar refractivity (Wildman–Crippen MR) is 85.6 cm³/mol. The second kappa shape index (κ2) is 7.93. The molecule has 0 aliphatic rings. The number of aryl methyl sites for hydroxylation is 1. The fraction of sp³-hybridized carbons (Fsp3) is 0.235. The number of amides is 2. The zero-order valence-electron chi connectivity index (χ0n) is 12.5. The van der Waals surface area contributed by atoms with Gasteiger partial charge in [0.15, 0.2) is 0 Å². The summed E-state index contributed by atoms with van der Waals surface area (Å²) in [6, 6.07) is 10.7. The van der Waals surface area contributed by atoms with Gasteiger partial charge in [-0.05, 0) is 43.2 Å². The summed E-state index contributed by atoms with van der Waals surface area (Å²) in [5.41, 5.74) is 2.18. The average Bonchev–Trinajstić information content (AvgIpc) is 2.54. The Balaban J connectivity index is 1.91.